The first-order valence-corrected chi connectivity index (χ1v) is 5.70. The number of hydrogen-bond donors (Lipinski definition) is 1. The smallest absolute Gasteiger partial charge is 0.157 e. The molecule has 5 heteroatoms. The van der Waals surface area contributed by atoms with Crippen molar-refractivity contribution in [3.05, 3.63) is 41.7 Å². The van der Waals surface area contributed by atoms with E-state index < -0.39 is 0 Å². The molecule has 2 N–H and O–H groups in total. The first-order valence-electron chi connectivity index (χ1n) is 5.70. The van der Waals surface area contributed by atoms with Crippen LogP contribution in [0.1, 0.15) is 11.1 Å². The molecule has 0 atom stereocenters. The predicted molar refractivity (Wildman–Crippen MR) is 68.4 cm³/mol. The fourth-order valence-electron chi connectivity index (χ4n) is 1.71. The molecule has 0 saturated heterocycles. The normalized spacial score (nSPS) is 10.4. The van der Waals surface area contributed by atoms with Gasteiger partial charge in [0.05, 0.1) is 19.5 Å². The molecule has 0 saturated carbocycles. The summed E-state index contributed by atoms with van der Waals surface area (Å²) in [6.07, 6.45) is 3.50. The minimum atomic E-state index is 0.433. The zero-order valence-electron chi connectivity index (χ0n) is 10.6. The highest BCUT2D eigenvalue weighted by Gasteiger charge is 2.06. The maximum absolute atomic E-state index is 5.65. The van der Waals surface area contributed by atoms with Gasteiger partial charge in [-0.05, 0) is 17.7 Å². The van der Waals surface area contributed by atoms with E-state index in [1.54, 1.807) is 18.0 Å². The minimum absolute atomic E-state index is 0.433. The van der Waals surface area contributed by atoms with Crippen LogP contribution in [-0.4, -0.2) is 16.9 Å². The molecule has 0 aliphatic rings. The van der Waals surface area contributed by atoms with E-state index in [0.717, 1.165) is 22.6 Å². The molecule has 1 aromatic heterocycles. The van der Waals surface area contributed by atoms with Gasteiger partial charge >= 0.3 is 0 Å². The first-order chi connectivity index (χ1) is 8.72. The lowest BCUT2D eigenvalue weighted by Crippen LogP contribution is -2.02. The molecule has 18 heavy (non-hydrogen) atoms. The molecular weight excluding hydrogens is 230 g/mol. The standard InChI is InChI=1S/C13H17N3O2/c1-16-8-12(7-15-16)18-9-11-5-10(6-14)3-4-13(11)17-2/h3-5,7-8H,6,9,14H2,1-2H3. The van der Waals surface area contributed by atoms with Crippen molar-refractivity contribution in [2.24, 2.45) is 12.8 Å². The summed E-state index contributed by atoms with van der Waals surface area (Å²) >= 11 is 0. The molecule has 0 bridgehead atoms. The molecule has 0 fully saturated rings. The van der Waals surface area contributed by atoms with Crippen LogP contribution in [0, 0.1) is 0 Å². The highest BCUT2D eigenvalue weighted by atomic mass is 16.5. The van der Waals surface area contributed by atoms with E-state index in [1.165, 1.54) is 0 Å². The molecule has 5 nitrogen and oxygen atoms in total. The summed E-state index contributed by atoms with van der Waals surface area (Å²) in [5.74, 6) is 1.54. The van der Waals surface area contributed by atoms with Crippen LogP contribution in [0.15, 0.2) is 30.6 Å². The number of rotatable bonds is 5. The number of nitrogens with two attached hydrogens (primary N) is 1. The van der Waals surface area contributed by atoms with Crippen molar-refractivity contribution >= 4 is 0 Å². The number of hydrogen-bond acceptors (Lipinski definition) is 4. The van der Waals surface area contributed by atoms with Gasteiger partial charge in [-0.25, -0.2) is 0 Å². The second kappa shape index (κ2) is 5.55. The topological polar surface area (TPSA) is 62.3 Å². The third-order valence-corrected chi connectivity index (χ3v) is 2.66. The van der Waals surface area contributed by atoms with Gasteiger partial charge in [0.15, 0.2) is 5.75 Å². The third-order valence-electron chi connectivity index (χ3n) is 2.66. The lowest BCUT2D eigenvalue weighted by atomic mass is 10.1. The van der Waals surface area contributed by atoms with Gasteiger partial charge in [0.1, 0.15) is 12.4 Å². The van der Waals surface area contributed by atoms with E-state index in [9.17, 15) is 0 Å². The van der Waals surface area contributed by atoms with E-state index in [1.807, 2.05) is 31.4 Å². The van der Waals surface area contributed by atoms with E-state index in [4.69, 9.17) is 15.2 Å². The van der Waals surface area contributed by atoms with Crippen LogP contribution in [0.5, 0.6) is 11.5 Å². The van der Waals surface area contributed by atoms with Gasteiger partial charge < -0.3 is 15.2 Å². The van der Waals surface area contributed by atoms with Crippen LogP contribution in [0.25, 0.3) is 0 Å². The largest absolute Gasteiger partial charge is 0.496 e. The molecule has 0 radical (unpaired) electrons. The summed E-state index contributed by atoms with van der Waals surface area (Å²) in [5, 5.41) is 4.05. The van der Waals surface area contributed by atoms with Crippen LogP contribution < -0.4 is 15.2 Å². The van der Waals surface area contributed by atoms with Gasteiger partial charge in [-0.3, -0.25) is 4.68 Å². The van der Waals surface area contributed by atoms with E-state index in [0.29, 0.717) is 13.2 Å². The second-order valence-corrected chi connectivity index (χ2v) is 3.99. The SMILES string of the molecule is COc1ccc(CN)cc1COc1cnn(C)c1. The van der Waals surface area contributed by atoms with Gasteiger partial charge in [0.2, 0.25) is 0 Å². The summed E-state index contributed by atoms with van der Waals surface area (Å²) in [6, 6.07) is 5.85. The Hall–Kier alpha value is -2.01. The van der Waals surface area contributed by atoms with Gasteiger partial charge in [-0.2, -0.15) is 5.10 Å². The van der Waals surface area contributed by atoms with E-state index >= 15 is 0 Å². The molecule has 1 aromatic carbocycles. The van der Waals surface area contributed by atoms with Gasteiger partial charge in [-0.1, -0.05) is 6.07 Å². The molecular formula is C13H17N3O2. The highest BCUT2D eigenvalue weighted by molar-refractivity contribution is 5.37. The number of aryl methyl sites for hydroxylation is 1. The molecule has 0 aliphatic heterocycles. The zero-order chi connectivity index (χ0) is 13.0. The Morgan fingerprint density at radius 1 is 1.39 bits per heavy atom. The maximum Gasteiger partial charge on any atom is 0.157 e. The quantitative estimate of drug-likeness (QED) is 0.869. The number of benzene rings is 1. The fourth-order valence-corrected chi connectivity index (χ4v) is 1.71. The van der Waals surface area contributed by atoms with Gasteiger partial charge in [-0.15, -0.1) is 0 Å². The van der Waals surface area contributed by atoms with Gasteiger partial charge in [0, 0.05) is 19.2 Å². The van der Waals surface area contributed by atoms with Crippen LogP contribution in [-0.2, 0) is 20.2 Å². The molecule has 0 unspecified atom stereocenters. The average molecular weight is 247 g/mol. The molecule has 96 valence electrons. The number of ether oxygens (including phenoxy) is 2. The first kappa shape index (κ1) is 12.4. The van der Waals surface area contributed by atoms with E-state index in [2.05, 4.69) is 5.10 Å². The van der Waals surface area contributed by atoms with Crippen molar-refractivity contribution in [1.82, 2.24) is 9.78 Å². The van der Waals surface area contributed by atoms with Crippen LogP contribution in [0.2, 0.25) is 0 Å². The number of aromatic nitrogens is 2. The highest BCUT2D eigenvalue weighted by Crippen LogP contribution is 2.21. The second-order valence-electron chi connectivity index (χ2n) is 3.99. The minimum Gasteiger partial charge on any atom is -0.496 e. The lowest BCUT2D eigenvalue weighted by Gasteiger charge is -2.10. The molecule has 0 spiro atoms. The maximum atomic E-state index is 5.65. The Bertz CT molecular complexity index is 523. The Morgan fingerprint density at radius 2 is 2.22 bits per heavy atom. The van der Waals surface area contributed by atoms with Crippen molar-refractivity contribution in [1.29, 1.82) is 0 Å². The fraction of sp³-hybridized carbons (Fsp3) is 0.308. The summed E-state index contributed by atoms with van der Waals surface area (Å²) in [4.78, 5) is 0. The summed E-state index contributed by atoms with van der Waals surface area (Å²) in [6.45, 7) is 0.937. The van der Waals surface area contributed by atoms with Crippen LogP contribution in [0.3, 0.4) is 0 Å². The number of methoxy groups -OCH3 is 1. The molecule has 0 aliphatic carbocycles. The Kier molecular flexibility index (Phi) is 3.84. The zero-order valence-corrected chi connectivity index (χ0v) is 10.6. The Labute approximate surface area is 106 Å². The van der Waals surface area contributed by atoms with Crippen molar-refractivity contribution in [2.45, 2.75) is 13.2 Å². The summed E-state index contributed by atoms with van der Waals surface area (Å²) in [5.41, 5.74) is 7.66. The van der Waals surface area contributed by atoms with Crippen molar-refractivity contribution < 1.29 is 9.47 Å². The van der Waals surface area contributed by atoms with Crippen molar-refractivity contribution in [3.63, 3.8) is 0 Å². The lowest BCUT2D eigenvalue weighted by molar-refractivity contribution is 0.296. The van der Waals surface area contributed by atoms with Gasteiger partial charge in [0.25, 0.3) is 0 Å². The van der Waals surface area contributed by atoms with Crippen LogP contribution >= 0.6 is 0 Å². The monoisotopic (exact) mass is 247 g/mol. The average Bonchev–Trinajstić information content (AvgIpc) is 2.81. The van der Waals surface area contributed by atoms with Crippen molar-refractivity contribution in [3.8, 4) is 11.5 Å². The molecule has 2 rings (SSSR count). The van der Waals surface area contributed by atoms with E-state index in [-0.39, 0.29) is 0 Å². The third kappa shape index (κ3) is 2.81. The molecule has 0 amide bonds. The Morgan fingerprint density at radius 3 is 2.83 bits per heavy atom. The summed E-state index contributed by atoms with van der Waals surface area (Å²) < 4.78 is 12.6. The van der Waals surface area contributed by atoms with Crippen molar-refractivity contribution in [2.75, 3.05) is 7.11 Å². The number of nitrogens with zero attached hydrogens (tertiary/aromatic N) is 2. The predicted octanol–water partition coefficient (Wildman–Crippen LogP) is 1.47. The molecule has 1 heterocycles. The summed E-state index contributed by atoms with van der Waals surface area (Å²) in [7, 11) is 3.49. The molecule has 2 aromatic rings. The Balaban J connectivity index is 2.11. The van der Waals surface area contributed by atoms with Crippen LogP contribution in [0.4, 0.5) is 0 Å².